The summed E-state index contributed by atoms with van der Waals surface area (Å²) in [5.74, 6) is -0.485. The van der Waals surface area contributed by atoms with Crippen LogP contribution in [-0.4, -0.2) is 55.8 Å². The van der Waals surface area contributed by atoms with E-state index in [1.165, 1.54) is 11.0 Å². The van der Waals surface area contributed by atoms with Crippen LogP contribution in [0.3, 0.4) is 0 Å². The molecule has 0 aliphatic carbocycles. The van der Waals surface area contributed by atoms with Gasteiger partial charge >= 0.3 is 0 Å². The van der Waals surface area contributed by atoms with Crippen molar-refractivity contribution in [2.75, 3.05) is 19.6 Å². The van der Waals surface area contributed by atoms with Crippen molar-refractivity contribution in [3.63, 3.8) is 0 Å². The number of hydrogen-bond donors (Lipinski definition) is 3. The summed E-state index contributed by atoms with van der Waals surface area (Å²) >= 11 is 6.27. The quantitative estimate of drug-likeness (QED) is 0.474. The molecule has 2 aromatic carbocycles. The third-order valence-corrected chi connectivity index (χ3v) is 7.62. The number of nitrogens with zero attached hydrogens (tertiary/aromatic N) is 1. The number of carbonyl (C=O) groups excluding carboxylic acids is 2. The van der Waals surface area contributed by atoms with Crippen LogP contribution < -0.4 is 10.0 Å². The standard InChI is InChI=1S/C23H25ClN4O4S/c24-18-5-2-1-4-16(18)8-9-20(23(30)28-14-11-22(29)26-13-15-28)27-33(31,32)21-7-3-6-19-17(21)10-12-25-19/h1-7,10,12,20,25,27H,8-9,11,13-15H2,(H,26,29). The van der Waals surface area contributed by atoms with E-state index in [-0.39, 0.29) is 36.1 Å². The number of aryl methyl sites for hydroxylation is 1. The van der Waals surface area contributed by atoms with E-state index < -0.39 is 16.1 Å². The van der Waals surface area contributed by atoms with Crippen LogP contribution in [0.1, 0.15) is 18.4 Å². The van der Waals surface area contributed by atoms with Gasteiger partial charge in [-0.1, -0.05) is 35.9 Å². The molecule has 3 N–H and O–H groups in total. The summed E-state index contributed by atoms with van der Waals surface area (Å²) in [6.45, 7) is 0.891. The van der Waals surface area contributed by atoms with Gasteiger partial charge in [-0.05, 0) is 42.7 Å². The highest BCUT2D eigenvalue weighted by molar-refractivity contribution is 7.89. The Hall–Kier alpha value is -2.88. The molecule has 1 saturated heterocycles. The van der Waals surface area contributed by atoms with Crippen LogP contribution in [0.2, 0.25) is 5.02 Å². The molecular weight excluding hydrogens is 464 g/mol. The van der Waals surface area contributed by atoms with Gasteiger partial charge in [0.25, 0.3) is 0 Å². The minimum absolute atomic E-state index is 0.101. The Bertz CT molecular complexity index is 1270. The Morgan fingerprint density at radius 2 is 1.94 bits per heavy atom. The van der Waals surface area contributed by atoms with Crippen molar-refractivity contribution in [2.45, 2.75) is 30.2 Å². The molecule has 0 saturated carbocycles. The van der Waals surface area contributed by atoms with Crippen LogP contribution in [0, 0.1) is 0 Å². The number of hydrogen-bond acceptors (Lipinski definition) is 4. The number of aromatic amines is 1. The molecule has 10 heteroatoms. The van der Waals surface area contributed by atoms with Gasteiger partial charge in [-0.3, -0.25) is 9.59 Å². The fraction of sp³-hybridized carbons (Fsp3) is 0.304. The molecule has 0 spiro atoms. The summed E-state index contributed by atoms with van der Waals surface area (Å²) in [4.78, 5) is 29.8. The SMILES string of the molecule is O=C1CCN(C(=O)C(CCc2ccccc2Cl)NS(=O)(=O)c2cccc3[nH]ccc23)CCN1. The van der Waals surface area contributed by atoms with Crippen LogP contribution in [0.4, 0.5) is 0 Å². The smallest absolute Gasteiger partial charge is 0.241 e. The van der Waals surface area contributed by atoms with E-state index in [1.54, 1.807) is 30.5 Å². The molecule has 2 heterocycles. The van der Waals surface area contributed by atoms with Crippen molar-refractivity contribution in [1.29, 1.82) is 0 Å². The van der Waals surface area contributed by atoms with E-state index in [0.717, 1.165) is 5.56 Å². The molecular formula is C23H25ClN4O4S. The summed E-state index contributed by atoms with van der Waals surface area (Å²) in [5, 5.41) is 3.84. The number of nitrogens with one attached hydrogen (secondary N) is 3. The van der Waals surface area contributed by atoms with E-state index >= 15 is 0 Å². The van der Waals surface area contributed by atoms with Crippen LogP contribution in [0.25, 0.3) is 10.9 Å². The van der Waals surface area contributed by atoms with Crippen molar-refractivity contribution in [3.8, 4) is 0 Å². The van der Waals surface area contributed by atoms with Crippen LogP contribution in [0.5, 0.6) is 0 Å². The molecule has 1 aromatic heterocycles. The molecule has 1 aliphatic rings. The number of halogens is 1. The average Bonchev–Trinajstić information content (AvgIpc) is 3.18. The van der Waals surface area contributed by atoms with Crippen molar-refractivity contribution in [3.05, 3.63) is 65.3 Å². The third-order valence-electron chi connectivity index (χ3n) is 5.72. The monoisotopic (exact) mass is 488 g/mol. The molecule has 1 aliphatic heterocycles. The fourth-order valence-corrected chi connectivity index (χ4v) is 5.66. The predicted octanol–water partition coefficient (Wildman–Crippen LogP) is 2.45. The minimum Gasteiger partial charge on any atom is -0.361 e. The lowest BCUT2D eigenvalue weighted by atomic mass is 10.0. The number of amides is 2. The maximum Gasteiger partial charge on any atom is 0.241 e. The maximum absolute atomic E-state index is 13.4. The second-order valence-electron chi connectivity index (χ2n) is 7.92. The summed E-state index contributed by atoms with van der Waals surface area (Å²) in [5.41, 5.74) is 1.52. The first kappa shape index (κ1) is 23.3. The largest absolute Gasteiger partial charge is 0.361 e. The lowest BCUT2D eigenvalue weighted by Crippen LogP contribution is -2.49. The van der Waals surface area contributed by atoms with Crippen LogP contribution in [-0.2, 0) is 26.0 Å². The molecule has 2 amide bonds. The van der Waals surface area contributed by atoms with Gasteiger partial charge in [0.05, 0.1) is 4.90 Å². The molecule has 174 valence electrons. The Kier molecular flexibility index (Phi) is 7.02. The zero-order chi connectivity index (χ0) is 23.4. The molecule has 0 radical (unpaired) electrons. The highest BCUT2D eigenvalue weighted by Crippen LogP contribution is 2.23. The van der Waals surface area contributed by atoms with Crippen LogP contribution in [0.15, 0.2) is 59.6 Å². The minimum atomic E-state index is -4.01. The van der Waals surface area contributed by atoms with Gasteiger partial charge in [0.15, 0.2) is 0 Å². The first-order valence-corrected chi connectivity index (χ1v) is 12.6. The molecule has 1 unspecified atom stereocenters. The van der Waals surface area contributed by atoms with E-state index in [0.29, 0.717) is 35.4 Å². The molecule has 8 nitrogen and oxygen atoms in total. The lowest BCUT2D eigenvalue weighted by Gasteiger charge is -2.26. The van der Waals surface area contributed by atoms with Gasteiger partial charge in [0.1, 0.15) is 6.04 Å². The first-order valence-electron chi connectivity index (χ1n) is 10.7. The topological polar surface area (TPSA) is 111 Å². The van der Waals surface area contributed by atoms with Gasteiger partial charge in [-0.15, -0.1) is 0 Å². The fourth-order valence-electron chi connectivity index (χ4n) is 3.98. The zero-order valence-corrected chi connectivity index (χ0v) is 19.5. The van der Waals surface area contributed by atoms with E-state index in [4.69, 9.17) is 11.6 Å². The van der Waals surface area contributed by atoms with Crippen molar-refractivity contribution in [1.82, 2.24) is 19.9 Å². The summed E-state index contributed by atoms with van der Waals surface area (Å²) in [6, 6.07) is 12.9. The average molecular weight is 489 g/mol. The Morgan fingerprint density at radius 1 is 1.12 bits per heavy atom. The lowest BCUT2D eigenvalue weighted by molar-refractivity contribution is -0.133. The van der Waals surface area contributed by atoms with Crippen molar-refractivity contribution in [2.24, 2.45) is 0 Å². The van der Waals surface area contributed by atoms with Crippen molar-refractivity contribution < 1.29 is 18.0 Å². The first-order chi connectivity index (χ1) is 15.8. The summed E-state index contributed by atoms with van der Waals surface area (Å²) < 4.78 is 29.3. The van der Waals surface area contributed by atoms with Gasteiger partial charge < -0.3 is 15.2 Å². The zero-order valence-electron chi connectivity index (χ0n) is 17.9. The van der Waals surface area contributed by atoms with Crippen molar-refractivity contribution >= 4 is 44.3 Å². The number of H-pyrrole nitrogens is 1. The Labute approximate surface area is 197 Å². The molecule has 1 atom stereocenters. The van der Waals surface area contributed by atoms with E-state index in [1.807, 2.05) is 18.2 Å². The van der Waals surface area contributed by atoms with Gasteiger partial charge in [-0.2, -0.15) is 4.72 Å². The van der Waals surface area contributed by atoms with E-state index in [2.05, 4.69) is 15.0 Å². The maximum atomic E-state index is 13.4. The Balaban J connectivity index is 1.61. The molecule has 1 fully saturated rings. The molecule has 3 aromatic rings. The molecule has 0 bridgehead atoms. The van der Waals surface area contributed by atoms with Crippen LogP contribution >= 0.6 is 11.6 Å². The van der Waals surface area contributed by atoms with Gasteiger partial charge in [-0.25, -0.2) is 8.42 Å². The number of fused-ring (bicyclic) bond motifs is 1. The molecule has 33 heavy (non-hydrogen) atoms. The number of rotatable bonds is 7. The number of carbonyl (C=O) groups is 2. The van der Waals surface area contributed by atoms with Gasteiger partial charge in [0.2, 0.25) is 21.8 Å². The predicted molar refractivity (Wildman–Crippen MR) is 126 cm³/mol. The van der Waals surface area contributed by atoms with E-state index in [9.17, 15) is 18.0 Å². The summed E-state index contributed by atoms with van der Waals surface area (Å²) in [7, 11) is -4.01. The Morgan fingerprint density at radius 3 is 2.76 bits per heavy atom. The normalized spacial score (nSPS) is 15.8. The van der Waals surface area contributed by atoms with Gasteiger partial charge in [0, 0.05) is 48.2 Å². The highest BCUT2D eigenvalue weighted by atomic mass is 35.5. The molecule has 4 rings (SSSR count). The second-order valence-corrected chi connectivity index (χ2v) is 10.0. The summed E-state index contributed by atoms with van der Waals surface area (Å²) in [6.07, 6.45) is 2.49. The second kappa shape index (κ2) is 9.94. The number of aromatic nitrogens is 1. The third kappa shape index (κ3) is 5.38. The number of sulfonamides is 1. The highest BCUT2D eigenvalue weighted by Gasteiger charge is 2.31. The number of benzene rings is 2.